The van der Waals surface area contributed by atoms with E-state index in [1.165, 1.54) is 0 Å². The lowest BCUT2D eigenvalue weighted by atomic mass is 10.0. The van der Waals surface area contributed by atoms with Gasteiger partial charge in [-0.25, -0.2) is 12.4 Å². The van der Waals surface area contributed by atoms with Crippen molar-refractivity contribution in [2.45, 2.75) is 44.4 Å². The lowest BCUT2D eigenvalue weighted by Gasteiger charge is -2.13. The number of aromatic nitrogens is 1. The first-order valence-corrected chi connectivity index (χ1v) is 12.6. The Morgan fingerprint density at radius 3 is 2.28 bits per heavy atom. The van der Waals surface area contributed by atoms with Gasteiger partial charge in [-0.1, -0.05) is 91.7 Å². The van der Waals surface area contributed by atoms with E-state index in [9.17, 15) is 8.42 Å². The summed E-state index contributed by atoms with van der Waals surface area (Å²) in [5.74, 6) is 0. The lowest BCUT2D eigenvalue weighted by molar-refractivity contribution is 0.585. The Kier molecular flexibility index (Phi) is 6.61. The van der Waals surface area contributed by atoms with Gasteiger partial charge < -0.3 is 0 Å². The highest BCUT2D eigenvalue weighted by Crippen LogP contribution is 2.32. The summed E-state index contributed by atoms with van der Waals surface area (Å²) in [7, 11) is -3.71. The molecule has 4 heteroatoms. The number of unbranched alkanes of at least 4 members (excludes halogenated alkanes) is 1. The summed E-state index contributed by atoms with van der Waals surface area (Å²) in [6, 6.07) is 25.2. The highest BCUT2D eigenvalue weighted by molar-refractivity contribution is 7.90. The first-order chi connectivity index (χ1) is 15.5. The van der Waals surface area contributed by atoms with Gasteiger partial charge in [-0.2, -0.15) is 0 Å². The maximum absolute atomic E-state index is 13.8. The summed E-state index contributed by atoms with van der Waals surface area (Å²) in [6.07, 6.45) is 7.59. The van der Waals surface area contributed by atoms with Crippen LogP contribution in [0.15, 0.2) is 89.8 Å². The molecule has 0 spiro atoms. The predicted molar refractivity (Wildman–Crippen MR) is 133 cm³/mol. The largest absolute Gasteiger partial charge is 0.268 e. The Balaban J connectivity index is 1.87. The second kappa shape index (κ2) is 9.58. The molecule has 0 aliphatic carbocycles. The molecule has 4 aromatic rings. The molecule has 0 N–H and O–H groups in total. The standard InChI is InChI=1S/C28H29NO2S/c1-3-4-16-27-26(15-10-13-23-11-6-5-7-12-23)25-14-8-9-17-28(25)29(27)32(30,31)24-20-18-22(2)19-21-24/h5-14,17-21H,3-4,15-16H2,1-2H3/b13-10+. The van der Waals surface area contributed by atoms with Crippen LogP contribution in [-0.2, 0) is 22.9 Å². The zero-order valence-corrected chi connectivity index (χ0v) is 19.5. The van der Waals surface area contributed by atoms with Crippen molar-refractivity contribution in [1.29, 1.82) is 0 Å². The van der Waals surface area contributed by atoms with Crippen LogP contribution >= 0.6 is 0 Å². The van der Waals surface area contributed by atoms with Gasteiger partial charge in [-0.05, 0) is 55.5 Å². The Morgan fingerprint density at radius 2 is 1.56 bits per heavy atom. The minimum Gasteiger partial charge on any atom is -0.238 e. The lowest BCUT2D eigenvalue weighted by Crippen LogP contribution is -2.16. The second-order valence-corrected chi connectivity index (χ2v) is 9.93. The van der Waals surface area contributed by atoms with Crippen molar-refractivity contribution < 1.29 is 8.42 Å². The summed E-state index contributed by atoms with van der Waals surface area (Å²) < 4.78 is 29.2. The van der Waals surface area contributed by atoms with Crippen LogP contribution in [-0.4, -0.2) is 12.4 Å². The highest BCUT2D eigenvalue weighted by Gasteiger charge is 2.26. The normalized spacial score (nSPS) is 12.1. The first kappa shape index (κ1) is 22.1. The number of aryl methyl sites for hydroxylation is 1. The molecule has 1 heterocycles. The SMILES string of the molecule is CCCCc1c(C/C=C/c2ccccc2)c2ccccc2n1S(=O)(=O)c1ccc(C)cc1. The summed E-state index contributed by atoms with van der Waals surface area (Å²) in [5, 5.41) is 1.01. The van der Waals surface area contributed by atoms with Gasteiger partial charge in [0.15, 0.2) is 0 Å². The van der Waals surface area contributed by atoms with Gasteiger partial charge in [0.05, 0.1) is 10.4 Å². The molecule has 3 nitrogen and oxygen atoms in total. The molecule has 32 heavy (non-hydrogen) atoms. The molecule has 1 aromatic heterocycles. The van der Waals surface area contributed by atoms with Gasteiger partial charge in [0, 0.05) is 11.1 Å². The van der Waals surface area contributed by atoms with Crippen LogP contribution in [0.2, 0.25) is 0 Å². The zero-order chi connectivity index (χ0) is 22.6. The third kappa shape index (κ3) is 4.42. The summed E-state index contributed by atoms with van der Waals surface area (Å²) in [5.41, 5.74) is 4.92. The fourth-order valence-corrected chi connectivity index (χ4v) is 5.72. The maximum atomic E-state index is 13.8. The molecular weight excluding hydrogens is 414 g/mol. The van der Waals surface area contributed by atoms with Crippen molar-refractivity contribution in [3.8, 4) is 0 Å². The van der Waals surface area contributed by atoms with E-state index in [1.807, 2.05) is 61.5 Å². The number of para-hydroxylation sites is 1. The van der Waals surface area contributed by atoms with Crippen molar-refractivity contribution in [1.82, 2.24) is 3.97 Å². The molecule has 0 fully saturated rings. The summed E-state index contributed by atoms with van der Waals surface area (Å²) >= 11 is 0. The van der Waals surface area contributed by atoms with Crippen molar-refractivity contribution in [2.24, 2.45) is 0 Å². The summed E-state index contributed by atoms with van der Waals surface area (Å²) in [4.78, 5) is 0.327. The minimum absolute atomic E-state index is 0.327. The van der Waals surface area contributed by atoms with Gasteiger partial charge in [0.2, 0.25) is 0 Å². The minimum atomic E-state index is -3.71. The Labute approximate surface area is 191 Å². The van der Waals surface area contributed by atoms with Crippen molar-refractivity contribution in [2.75, 3.05) is 0 Å². The zero-order valence-electron chi connectivity index (χ0n) is 18.7. The monoisotopic (exact) mass is 443 g/mol. The van der Waals surface area contributed by atoms with E-state index in [2.05, 4.69) is 31.2 Å². The third-order valence-corrected chi connectivity index (χ3v) is 7.57. The predicted octanol–water partition coefficient (Wildman–Crippen LogP) is 6.79. The molecular formula is C28H29NO2S. The Morgan fingerprint density at radius 1 is 0.875 bits per heavy atom. The van der Waals surface area contributed by atoms with Gasteiger partial charge in [-0.15, -0.1) is 0 Å². The number of rotatable bonds is 8. The van der Waals surface area contributed by atoms with E-state index in [0.29, 0.717) is 11.3 Å². The molecule has 0 aliphatic heterocycles. The molecule has 0 saturated heterocycles. The Hall–Kier alpha value is -3.11. The fourth-order valence-electron chi connectivity index (χ4n) is 4.12. The number of hydrogen-bond acceptors (Lipinski definition) is 2. The topological polar surface area (TPSA) is 39.1 Å². The van der Waals surface area contributed by atoms with Crippen molar-refractivity contribution >= 4 is 27.0 Å². The van der Waals surface area contributed by atoms with E-state index < -0.39 is 10.0 Å². The molecule has 0 amide bonds. The molecule has 0 unspecified atom stereocenters. The average Bonchev–Trinajstić information content (AvgIpc) is 3.13. The number of nitrogens with zero attached hydrogens (tertiary/aromatic N) is 1. The number of fused-ring (bicyclic) bond motifs is 1. The third-order valence-electron chi connectivity index (χ3n) is 5.80. The van der Waals surface area contributed by atoms with Crippen LogP contribution in [0.4, 0.5) is 0 Å². The molecule has 3 aromatic carbocycles. The molecule has 0 saturated carbocycles. The smallest absolute Gasteiger partial charge is 0.238 e. The van der Waals surface area contributed by atoms with Crippen LogP contribution in [0.3, 0.4) is 0 Å². The van der Waals surface area contributed by atoms with E-state index in [-0.39, 0.29) is 0 Å². The van der Waals surface area contributed by atoms with Crippen molar-refractivity contribution in [3.63, 3.8) is 0 Å². The highest BCUT2D eigenvalue weighted by atomic mass is 32.2. The van der Waals surface area contributed by atoms with Crippen LogP contribution in [0.5, 0.6) is 0 Å². The molecule has 0 aliphatic rings. The van der Waals surface area contributed by atoms with Crippen molar-refractivity contribution in [3.05, 3.63) is 107 Å². The second-order valence-electron chi connectivity index (χ2n) is 8.15. The average molecular weight is 444 g/mol. The molecule has 4 rings (SSSR count). The number of benzene rings is 3. The molecule has 0 bridgehead atoms. The van der Waals surface area contributed by atoms with Crippen LogP contribution < -0.4 is 0 Å². The quantitative estimate of drug-likeness (QED) is 0.301. The van der Waals surface area contributed by atoms with Crippen LogP contribution in [0, 0.1) is 6.92 Å². The van der Waals surface area contributed by atoms with E-state index in [1.54, 1.807) is 16.1 Å². The molecule has 164 valence electrons. The van der Waals surface area contributed by atoms with E-state index in [4.69, 9.17) is 0 Å². The van der Waals surface area contributed by atoms with Gasteiger partial charge in [-0.3, -0.25) is 0 Å². The van der Waals surface area contributed by atoms with E-state index in [0.717, 1.165) is 52.5 Å². The van der Waals surface area contributed by atoms with Gasteiger partial charge in [0.1, 0.15) is 0 Å². The summed E-state index contributed by atoms with van der Waals surface area (Å²) in [6.45, 7) is 4.10. The number of allylic oxidation sites excluding steroid dienone is 1. The van der Waals surface area contributed by atoms with Crippen LogP contribution in [0.25, 0.3) is 17.0 Å². The first-order valence-electron chi connectivity index (χ1n) is 11.2. The van der Waals surface area contributed by atoms with E-state index >= 15 is 0 Å². The van der Waals surface area contributed by atoms with Crippen LogP contribution in [0.1, 0.15) is 42.1 Å². The Bertz CT molecular complexity index is 1330. The molecule has 0 atom stereocenters. The molecule has 0 radical (unpaired) electrons. The fraction of sp³-hybridized carbons (Fsp3) is 0.214. The number of hydrogen-bond donors (Lipinski definition) is 0. The van der Waals surface area contributed by atoms with Gasteiger partial charge in [0.25, 0.3) is 10.0 Å². The maximum Gasteiger partial charge on any atom is 0.268 e. The van der Waals surface area contributed by atoms with Gasteiger partial charge >= 0.3 is 0 Å².